The van der Waals surface area contributed by atoms with Crippen LogP contribution in [0.25, 0.3) is 0 Å². The molecule has 0 aliphatic heterocycles. The molecule has 0 saturated heterocycles. The van der Waals surface area contributed by atoms with Crippen molar-refractivity contribution < 1.29 is 4.79 Å². The summed E-state index contributed by atoms with van der Waals surface area (Å²) in [6.45, 7) is 6.74. The molecule has 0 aliphatic rings. The fourth-order valence-corrected chi connectivity index (χ4v) is 3.44. The molecule has 3 aromatic rings. The lowest BCUT2D eigenvalue weighted by molar-refractivity contribution is -0.115. The van der Waals surface area contributed by atoms with Gasteiger partial charge in [-0.2, -0.15) is 5.10 Å². The second-order valence-electron chi connectivity index (χ2n) is 5.93. The number of nitrogens with one attached hydrogen (secondary N) is 1. The average molecular weight is 339 g/mol. The molecule has 1 N–H and O–H groups in total. The zero-order chi connectivity index (χ0) is 17.1. The fraction of sp³-hybridized carbons (Fsp3) is 0.263. The van der Waals surface area contributed by atoms with Gasteiger partial charge in [0.15, 0.2) is 0 Å². The Hall–Kier alpha value is -2.40. The van der Waals surface area contributed by atoms with Gasteiger partial charge in [-0.15, -0.1) is 11.3 Å². The molecule has 1 amide bonds. The van der Waals surface area contributed by atoms with E-state index in [1.165, 1.54) is 11.1 Å². The van der Waals surface area contributed by atoms with Gasteiger partial charge in [-0.05, 0) is 43.3 Å². The fourth-order valence-electron chi connectivity index (χ4n) is 2.74. The van der Waals surface area contributed by atoms with E-state index in [1.54, 1.807) is 11.3 Å². The summed E-state index contributed by atoms with van der Waals surface area (Å²) in [6, 6.07) is 12.2. The summed E-state index contributed by atoms with van der Waals surface area (Å²) >= 11 is 1.60. The number of aryl methyl sites for hydroxylation is 2. The van der Waals surface area contributed by atoms with Gasteiger partial charge in [-0.25, -0.2) is 0 Å². The lowest BCUT2D eigenvalue weighted by Gasteiger charge is -2.09. The number of aromatic nitrogens is 2. The van der Waals surface area contributed by atoms with Crippen LogP contribution in [0.5, 0.6) is 0 Å². The third-order valence-corrected chi connectivity index (χ3v) is 5.02. The maximum atomic E-state index is 12.3. The Labute approximate surface area is 146 Å². The zero-order valence-electron chi connectivity index (χ0n) is 14.2. The molecule has 0 bridgehead atoms. The number of carbonyl (C=O) groups excluding carboxylic acids is 1. The van der Waals surface area contributed by atoms with Crippen LogP contribution in [0.4, 0.5) is 5.69 Å². The Morgan fingerprint density at radius 1 is 1.17 bits per heavy atom. The van der Waals surface area contributed by atoms with E-state index in [4.69, 9.17) is 0 Å². The summed E-state index contributed by atoms with van der Waals surface area (Å²) in [7, 11) is 0. The van der Waals surface area contributed by atoms with E-state index in [-0.39, 0.29) is 5.91 Å². The van der Waals surface area contributed by atoms with Crippen LogP contribution in [0.3, 0.4) is 0 Å². The van der Waals surface area contributed by atoms with Gasteiger partial charge in [0, 0.05) is 4.88 Å². The molecule has 2 heterocycles. The highest BCUT2D eigenvalue weighted by Gasteiger charge is 2.15. The lowest BCUT2D eigenvalue weighted by Crippen LogP contribution is -2.15. The molecular weight excluding hydrogens is 318 g/mol. The monoisotopic (exact) mass is 339 g/mol. The van der Waals surface area contributed by atoms with Crippen LogP contribution in [0.2, 0.25) is 0 Å². The van der Waals surface area contributed by atoms with Crippen LogP contribution in [-0.4, -0.2) is 15.7 Å². The second kappa shape index (κ2) is 7.01. The standard InChI is InChI=1S/C19H21N3OS/c1-13-7-4-5-8-16(13)12-22-15(3)19(14(2)21-22)20-18(23)11-17-9-6-10-24-17/h4-10H,11-12H2,1-3H3,(H,20,23). The first-order valence-corrected chi connectivity index (χ1v) is 8.83. The minimum absolute atomic E-state index is 0.000841. The normalized spacial score (nSPS) is 10.8. The first-order chi connectivity index (χ1) is 11.5. The van der Waals surface area contributed by atoms with Crippen LogP contribution < -0.4 is 5.32 Å². The zero-order valence-corrected chi connectivity index (χ0v) is 15.0. The smallest absolute Gasteiger partial charge is 0.229 e. The summed E-state index contributed by atoms with van der Waals surface area (Å²) < 4.78 is 1.96. The molecule has 0 spiro atoms. The predicted octanol–water partition coefficient (Wildman–Crippen LogP) is 4.10. The van der Waals surface area contributed by atoms with Crippen molar-refractivity contribution in [1.82, 2.24) is 9.78 Å². The quantitative estimate of drug-likeness (QED) is 0.761. The first kappa shape index (κ1) is 16.5. The van der Waals surface area contributed by atoms with Crippen molar-refractivity contribution in [2.24, 2.45) is 0 Å². The SMILES string of the molecule is Cc1ccccc1Cn1nc(C)c(NC(=O)Cc2cccs2)c1C. The third-order valence-electron chi connectivity index (χ3n) is 4.14. The van der Waals surface area contributed by atoms with Gasteiger partial charge in [0.2, 0.25) is 5.91 Å². The Balaban J connectivity index is 1.76. The van der Waals surface area contributed by atoms with Crippen molar-refractivity contribution in [3.63, 3.8) is 0 Å². The Bertz CT molecular complexity index is 850. The van der Waals surface area contributed by atoms with E-state index >= 15 is 0 Å². The van der Waals surface area contributed by atoms with Crippen molar-refractivity contribution >= 4 is 22.9 Å². The Kier molecular flexibility index (Phi) is 4.81. The van der Waals surface area contributed by atoms with Crippen LogP contribution in [0.15, 0.2) is 41.8 Å². The molecule has 2 aromatic heterocycles. The highest BCUT2D eigenvalue weighted by Crippen LogP contribution is 2.22. The van der Waals surface area contributed by atoms with E-state index in [9.17, 15) is 4.79 Å². The largest absolute Gasteiger partial charge is 0.323 e. The molecule has 0 unspecified atom stereocenters. The Morgan fingerprint density at radius 2 is 1.96 bits per heavy atom. The summed E-state index contributed by atoms with van der Waals surface area (Å²) in [5.74, 6) is -0.000841. The van der Waals surface area contributed by atoms with Crippen molar-refractivity contribution in [2.75, 3.05) is 5.32 Å². The molecule has 5 heteroatoms. The van der Waals surface area contributed by atoms with Gasteiger partial charge in [0.1, 0.15) is 0 Å². The van der Waals surface area contributed by atoms with Gasteiger partial charge in [0.05, 0.1) is 30.0 Å². The Morgan fingerprint density at radius 3 is 2.67 bits per heavy atom. The number of benzene rings is 1. The predicted molar refractivity (Wildman–Crippen MR) is 98.6 cm³/mol. The molecule has 0 aliphatic carbocycles. The van der Waals surface area contributed by atoms with E-state index in [0.29, 0.717) is 13.0 Å². The van der Waals surface area contributed by atoms with Crippen LogP contribution in [0, 0.1) is 20.8 Å². The molecule has 124 valence electrons. The average Bonchev–Trinajstić information content (AvgIpc) is 3.14. The van der Waals surface area contributed by atoms with Gasteiger partial charge in [-0.3, -0.25) is 9.48 Å². The number of hydrogen-bond donors (Lipinski definition) is 1. The van der Waals surface area contributed by atoms with Crippen LogP contribution in [0.1, 0.15) is 27.4 Å². The van der Waals surface area contributed by atoms with Gasteiger partial charge in [-0.1, -0.05) is 30.3 Å². The molecule has 0 radical (unpaired) electrons. The highest BCUT2D eigenvalue weighted by molar-refractivity contribution is 7.10. The van der Waals surface area contributed by atoms with Crippen molar-refractivity contribution in [2.45, 2.75) is 33.7 Å². The van der Waals surface area contributed by atoms with Gasteiger partial charge >= 0.3 is 0 Å². The maximum Gasteiger partial charge on any atom is 0.229 e. The molecule has 4 nitrogen and oxygen atoms in total. The van der Waals surface area contributed by atoms with Gasteiger partial charge in [0.25, 0.3) is 0 Å². The van der Waals surface area contributed by atoms with Crippen LogP contribution in [-0.2, 0) is 17.8 Å². The molecule has 0 fully saturated rings. The summed E-state index contributed by atoms with van der Waals surface area (Å²) in [4.78, 5) is 13.3. The minimum Gasteiger partial charge on any atom is -0.323 e. The second-order valence-corrected chi connectivity index (χ2v) is 6.97. The number of hydrogen-bond acceptors (Lipinski definition) is 3. The van der Waals surface area contributed by atoms with Crippen LogP contribution >= 0.6 is 11.3 Å². The molecular formula is C19H21N3OS. The van der Waals surface area contributed by atoms with Crippen molar-refractivity contribution in [3.05, 3.63) is 69.2 Å². The van der Waals surface area contributed by atoms with E-state index < -0.39 is 0 Å². The van der Waals surface area contributed by atoms with Crippen molar-refractivity contribution in [3.8, 4) is 0 Å². The maximum absolute atomic E-state index is 12.3. The minimum atomic E-state index is -0.000841. The number of amides is 1. The molecule has 0 saturated carbocycles. The van der Waals surface area contributed by atoms with E-state index in [2.05, 4.69) is 29.5 Å². The number of rotatable bonds is 5. The summed E-state index contributed by atoms with van der Waals surface area (Å²) in [6.07, 6.45) is 0.402. The first-order valence-electron chi connectivity index (χ1n) is 7.95. The van der Waals surface area contributed by atoms with E-state index in [1.807, 2.05) is 48.2 Å². The third kappa shape index (κ3) is 3.57. The highest BCUT2D eigenvalue weighted by atomic mass is 32.1. The molecule has 1 aromatic carbocycles. The molecule has 3 rings (SSSR count). The number of carbonyl (C=O) groups is 1. The number of anilines is 1. The molecule has 0 atom stereocenters. The topological polar surface area (TPSA) is 46.9 Å². The van der Waals surface area contributed by atoms with Gasteiger partial charge < -0.3 is 5.32 Å². The number of thiophene rings is 1. The summed E-state index contributed by atoms with van der Waals surface area (Å²) in [5.41, 5.74) is 5.13. The summed E-state index contributed by atoms with van der Waals surface area (Å²) in [5, 5.41) is 9.61. The molecule has 24 heavy (non-hydrogen) atoms. The van der Waals surface area contributed by atoms with E-state index in [0.717, 1.165) is 22.0 Å². The van der Waals surface area contributed by atoms with Crippen molar-refractivity contribution in [1.29, 1.82) is 0 Å². The number of nitrogens with zero attached hydrogens (tertiary/aromatic N) is 2. The lowest BCUT2D eigenvalue weighted by atomic mass is 10.1.